The second-order valence-corrected chi connectivity index (χ2v) is 6.50. The Morgan fingerprint density at radius 1 is 1.16 bits per heavy atom. The lowest BCUT2D eigenvalue weighted by Gasteiger charge is -2.41. The highest BCUT2D eigenvalue weighted by Gasteiger charge is 2.40. The van der Waals surface area contributed by atoms with Crippen LogP contribution in [0, 0.1) is 19.8 Å². The monoisotopic (exact) mass is 258 g/mol. The summed E-state index contributed by atoms with van der Waals surface area (Å²) < 4.78 is 0. The van der Waals surface area contributed by atoms with Gasteiger partial charge in [-0.1, -0.05) is 17.7 Å². The van der Waals surface area contributed by atoms with Crippen molar-refractivity contribution >= 4 is 5.69 Å². The van der Waals surface area contributed by atoms with Crippen LogP contribution in [0.1, 0.15) is 43.2 Å². The zero-order valence-corrected chi connectivity index (χ0v) is 12.2. The van der Waals surface area contributed by atoms with Crippen LogP contribution in [0.25, 0.3) is 0 Å². The number of rotatable bonds is 3. The predicted molar refractivity (Wildman–Crippen MR) is 81.6 cm³/mol. The van der Waals surface area contributed by atoms with Crippen LogP contribution in [0.3, 0.4) is 0 Å². The van der Waals surface area contributed by atoms with Gasteiger partial charge in [0.1, 0.15) is 0 Å². The molecule has 2 N–H and O–H groups in total. The molecule has 0 radical (unpaired) electrons. The van der Waals surface area contributed by atoms with Gasteiger partial charge in [-0.15, -0.1) is 0 Å². The molecule has 3 rings (SSSR count). The molecule has 0 aliphatic carbocycles. The number of anilines is 1. The topological polar surface area (TPSA) is 29.3 Å². The van der Waals surface area contributed by atoms with Crippen molar-refractivity contribution < 1.29 is 0 Å². The quantitative estimate of drug-likeness (QED) is 0.900. The number of hydrogen-bond donors (Lipinski definition) is 1. The number of hydrogen-bond acceptors (Lipinski definition) is 2. The SMILES string of the molecule is Cc1ccc(N2C3CCC2CC(CCN)C3)c(C)c1. The summed E-state index contributed by atoms with van der Waals surface area (Å²) in [5, 5.41) is 0. The normalized spacial score (nSPS) is 29.8. The van der Waals surface area contributed by atoms with Gasteiger partial charge in [0.05, 0.1) is 0 Å². The van der Waals surface area contributed by atoms with Crippen LogP contribution in [0.15, 0.2) is 18.2 Å². The molecule has 2 bridgehead atoms. The molecule has 2 aliphatic heterocycles. The molecular formula is C17H26N2. The summed E-state index contributed by atoms with van der Waals surface area (Å²) in [7, 11) is 0. The Hall–Kier alpha value is -1.02. The van der Waals surface area contributed by atoms with Gasteiger partial charge in [0.2, 0.25) is 0 Å². The molecule has 0 spiro atoms. The van der Waals surface area contributed by atoms with E-state index in [-0.39, 0.29) is 0 Å². The van der Waals surface area contributed by atoms with E-state index in [2.05, 4.69) is 36.9 Å². The van der Waals surface area contributed by atoms with E-state index >= 15 is 0 Å². The van der Waals surface area contributed by atoms with Crippen LogP contribution in [-0.2, 0) is 0 Å². The molecule has 2 atom stereocenters. The van der Waals surface area contributed by atoms with Crippen molar-refractivity contribution in [2.45, 2.75) is 58.0 Å². The largest absolute Gasteiger partial charge is 0.365 e. The number of benzene rings is 1. The van der Waals surface area contributed by atoms with Gasteiger partial charge in [-0.3, -0.25) is 0 Å². The number of nitrogens with two attached hydrogens (primary N) is 1. The molecular weight excluding hydrogens is 232 g/mol. The molecule has 2 saturated heterocycles. The summed E-state index contributed by atoms with van der Waals surface area (Å²) in [6.45, 7) is 5.29. The molecule has 0 saturated carbocycles. The zero-order valence-electron chi connectivity index (χ0n) is 12.2. The number of aryl methyl sites for hydroxylation is 2. The lowest BCUT2D eigenvalue weighted by atomic mass is 9.87. The van der Waals surface area contributed by atoms with Gasteiger partial charge in [-0.25, -0.2) is 0 Å². The molecule has 0 aromatic heterocycles. The molecule has 2 nitrogen and oxygen atoms in total. The average Bonchev–Trinajstić information content (AvgIpc) is 2.63. The Bertz CT molecular complexity index is 441. The fourth-order valence-corrected chi connectivity index (χ4v) is 4.25. The standard InChI is InChI=1S/C17H26N2/c1-12-3-6-17(13(2)9-12)19-15-4-5-16(19)11-14(10-15)7-8-18/h3,6,9,14-16H,4-5,7-8,10-11,18H2,1-2H3. The fraction of sp³-hybridized carbons (Fsp3) is 0.647. The van der Waals surface area contributed by atoms with Crippen LogP contribution in [0.4, 0.5) is 5.69 Å². The molecule has 0 amide bonds. The summed E-state index contributed by atoms with van der Waals surface area (Å²) in [5.41, 5.74) is 10.0. The molecule has 2 heteroatoms. The first kappa shape index (κ1) is 13.0. The zero-order chi connectivity index (χ0) is 13.4. The van der Waals surface area contributed by atoms with Crippen LogP contribution in [0.2, 0.25) is 0 Å². The highest BCUT2D eigenvalue weighted by Crippen LogP contribution is 2.43. The van der Waals surface area contributed by atoms with Crippen LogP contribution in [0.5, 0.6) is 0 Å². The van der Waals surface area contributed by atoms with E-state index in [4.69, 9.17) is 5.73 Å². The highest BCUT2D eigenvalue weighted by molar-refractivity contribution is 5.57. The Morgan fingerprint density at radius 3 is 2.42 bits per heavy atom. The maximum absolute atomic E-state index is 5.74. The van der Waals surface area contributed by atoms with Crippen LogP contribution in [-0.4, -0.2) is 18.6 Å². The first-order valence-corrected chi connectivity index (χ1v) is 7.74. The minimum absolute atomic E-state index is 0.761. The Labute approximate surface area is 117 Å². The van der Waals surface area contributed by atoms with Crippen molar-refractivity contribution in [2.75, 3.05) is 11.4 Å². The maximum atomic E-state index is 5.74. The van der Waals surface area contributed by atoms with E-state index in [0.29, 0.717) is 0 Å². The van der Waals surface area contributed by atoms with Crippen molar-refractivity contribution in [1.29, 1.82) is 0 Å². The van der Waals surface area contributed by atoms with Crippen molar-refractivity contribution in [3.8, 4) is 0 Å². The third kappa shape index (κ3) is 2.38. The van der Waals surface area contributed by atoms with Gasteiger partial charge in [0, 0.05) is 17.8 Å². The molecule has 2 fully saturated rings. The molecule has 2 unspecified atom stereocenters. The summed E-state index contributed by atoms with van der Waals surface area (Å²) in [5.74, 6) is 0.865. The second kappa shape index (κ2) is 5.16. The van der Waals surface area contributed by atoms with Gasteiger partial charge < -0.3 is 10.6 Å². The summed E-state index contributed by atoms with van der Waals surface area (Å²) >= 11 is 0. The molecule has 1 aromatic carbocycles. The van der Waals surface area contributed by atoms with Crippen molar-refractivity contribution in [3.63, 3.8) is 0 Å². The smallest absolute Gasteiger partial charge is 0.0401 e. The highest BCUT2D eigenvalue weighted by atomic mass is 15.2. The van der Waals surface area contributed by atoms with E-state index in [1.54, 1.807) is 0 Å². The van der Waals surface area contributed by atoms with E-state index in [1.165, 1.54) is 48.9 Å². The second-order valence-electron chi connectivity index (χ2n) is 6.50. The first-order valence-electron chi connectivity index (χ1n) is 7.74. The van der Waals surface area contributed by atoms with E-state index in [0.717, 1.165) is 24.5 Å². The van der Waals surface area contributed by atoms with Gasteiger partial charge in [0.25, 0.3) is 0 Å². The summed E-state index contributed by atoms with van der Waals surface area (Å²) in [6.07, 6.45) is 6.66. The summed E-state index contributed by atoms with van der Waals surface area (Å²) in [4.78, 5) is 2.72. The minimum atomic E-state index is 0.761. The third-order valence-corrected chi connectivity index (χ3v) is 5.04. The van der Waals surface area contributed by atoms with Crippen LogP contribution < -0.4 is 10.6 Å². The predicted octanol–water partition coefficient (Wildman–Crippen LogP) is 3.40. The fourth-order valence-electron chi connectivity index (χ4n) is 4.25. The van der Waals surface area contributed by atoms with Crippen LogP contribution >= 0.6 is 0 Å². The maximum Gasteiger partial charge on any atom is 0.0401 e. The molecule has 104 valence electrons. The lowest BCUT2D eigenvalue weighted by Crippen LogP contribution is -2.43. The third-order valence-electron chi connectivity index (χ3n) is 5.04. The van der Waals surface area contributed by atoms with Gasteiger partial charge >= 0.3 is 0 Å². The summed E-state index contributed by atoms with van der Waals surface area (Å²) in [6, 6.07) is 8.43. The van der Waals surface area contributed by atoms with Gasteiger partial charge in [-0.2, -0.15) is 0 Å². The van der Waals surface area contributed by atoms with E-state index < -0.39 is 0 Å². The van der Waals surface area contributed by atoms with Crippen molar-refractivity contribution in [1.82, 2.24) is 0 Å². The van der Waals surface area contributed by atoms with E-state index in [9.17, 15) is 0 Å². The first-order chi connectivity index (χ1) is 9.19. The van der Waals surface area contributed by atoms with Gasteiger partial charge in [-0.05, 0) is 70.0 Å². The minimum Gasteiger partial charge on any atom is -0.365 e. The lowest BCUT2D eigenvalue weighted by molar-refractivity contribution is 0.326. The molecule has 2 aliphatic rings. The number of fused-ring (bicyclic) bond motifs is 2. The number of piperidine rings is 1. The molecule has 1 aromatic rings. The molecule has 2 heterocycles. The van der Waals surface area contributed by atoms with Crippen molar-refractivity contribution in [3.05, 3.63) is 29.3 Å². The average molecular weight is 258 g/mol. The number of nitrogens with zero attached hydrogens (tertiary/aromatic N) is 1. The van der Waals surface area contributed by atoms with Crippen molar-refractivity contribution in [2.24, 2.45) is 11.7 Å². The van der Waals surface area contributed by atoms with Gasteiger partial charge in [0.15, 0.2) is 0 Å². The Morgan fingerprint density at radius 2 is 1.84 bits per heavy atom. The Kier molecular flexibility index (Phi) is 3.53. The Balaban J connectivity index is 1.83. The van der Waals surface area contributed by atoms with E-state index in [1.807, 2.05) is 0 Å². The molecule has 19 heavy (non-hydrogen) atoms.